The minimum Gasteiger partial charge on any atom is -0.280 e. The first-order valence-electron chi connectivity index (χ1n) is 8.42. The van der Waals surface area contributed by atoms with E-state index in [4.69, 9.17) is 0 Å². The lowest BCUT2D eigenvalue weighted by Gasteiger charge is -2.15. The molecule has 1 fully saturated rings. The topological polar surface area (TPSA) is 112 Å². The Morgan fingerprint density at radius 1 is 0.926 bits per heavy atom. The van der Waals surface area contributed by atoms with Gasteiger partial charge in [-0.15, -0.1) is 0 Å². The fourth-order valence-electron chi connectivity index (χ4n) is 3.08. The number of sulfonamides is 2. The molecule has 0 spiro atoms. The predicted molar refractivity (Wildman–Crippen MR) is 101 cm³/mol. The summed E-state index contributed by atoms with van der Waals surface area (Å²) in [5.41, 5.74) is 1.10. The van der Waals surface area contributed by atoms with Crippen LogP contribution in [0.4, 0.5) is 5.69 Å². The van der Waals surface area contributed by atoms with Gasteiger partial charge in [0, 0.05) is 18.5 Å². The molecule has 10 heteroatoms. The van der Waals surface area contributed by atoms with Crippen molar-refractivity contribution in [2.75, 3.05) is 17.8 Å². The number of H-pyrrole nitrogens is 1. The van der Waals surface area contributed by atoms with E-state index in [9.17, 15) is 16.8 Å². The number of anilines is 1. The summed E-state index contributed by atoms with van der Waals surface area (Å²) < 4.78 is 54.2. The van der Waals surface area contributed by atoms with Crippen molar-refractivity contribution in [2.24, 2.45) is 0 Å². The number of aromatic nitrogens is 2. The van der Waals surface area contributed by atoms with E-state index in [1.54, 1.807) is 24.4 Å². The van der Waals surface area contributed by atoms with Crippen LogP contribution in [-0.4, -0.2) is 44.4 Å². The fourth-order valence-corrected chi connectivity index (χ4v) is 5.65. The molecule has 8 nitrogen and oxygen atoms in total. The van der Waals surface area contributed by atoms with E-state index in [2.05, 4.69) is 14.9 Å². The summed E-state index contributed by atoms with van der Waals surface area (Å²) >= 11 is 0. The van der Waals surface area contributed by atoms with Crippen LogP contribution < -0.4 is 4.72 Å². The number of nitrogens with zero attached hydrogens (tertiary/aromatic N) is 2. The van der Waals surface area contributed by atoms with Gasteiger partial charge in [-0.1, -0.05) is 0 Å². The second-order valence-electron chi connectivity index (χ2n) is 6.36. The summed E-state index contributed by atoms with van der Waals surface area (Å²) in [6, 6.07) is 10.3. The third-order valence-corrected chi connectivity index (χ3v) is 7.84. The molecule has 2 N–H and O–H groups in total. The average Bonchev–Trinajstić information content (AvgIpc) is 3.33. The molecule has 0 atom stereocenters. The molecule has 1 aliphatic rings. The Morgan fingerprint density at radius 3 is 2.30 bits per heavy atom. The maximum absolute atomic E-state index is 12.6. The third kappa shape index (κ3) is 3.43. The molecule has 2 aromatic carbocycles. The minimum atomic E-state index is -3.84. The minimum absolute atomic E-state index is 0.00687. The first-order valence-corrected chi connectivity index (χ1v) is 11.3. The van der Waals surface area contributed by atoms with Crippen LogP contribution in [0.5, 0.6) is 0 Å². The van der Waals surface area contributed by atoms with Gasteiger partial charge in [0.1, 0.15) is 0 Å². The van der Waals surface area contributed by atoms with Gasteiger partial charge in [0.25, 0.3) is 10.0 Å². The summed E-state index contributed by atoms with van der Waals surface area (Å²) in [6.45, 7) is 1.00. The zero-order chi connectivity index (χ0) is 19.1. The van der Waals surface area contributed by atoms with Gasteiger partial charge in [0.2, 0.25) is 10.0 Å². The molecule has 0 aliphatic carbocycles. The van der Waals surface area contributed by atoms with Crippen molar-refractivity contribution < 1.29 is 16.8 Å². The zero-order valence-electron chi connectivity index (χ0n) is 14.3. The molecule has 0 amide bonds. The third-order valence-electron chi connectivity index (χ3n) is 4.53. The van der Waals surface area contributed by atoms with Crippen LogP contribution in [0.2, 0.25) is 0 Å². The molecular weight excluding hydrogens is 388 g/mol. The van der Waals surface area contributed by atoms with Gasteiger partial charge in [-0.3, -0.25) is 9.82 Å². The highest BCUT2D eigenvalue weighted by Gasteiger charge is 2.27. The van der Waals surface area contributed by atoms with E-state index in [0.717, 1.165) is 18.2 Å². The number of hydrogen-bond donors (Lipinski definition) is 2. The Labute approximate surface area is 157 Å². The van der Waals surface area contributed by atoms with E-state index in [0.29, 0.717) is 24.3 Å². The number of hydrogen-bond acceptors (Lipinski definition) is 5. The van der Waals surface area contributed by atoms with Crippen molar-refractivity contribution in [1.82, 2.24) is 14.5 Å². The molecule has 142 valence electrons. The molecule has 0 unspecified atom stereocenters. The van der Waals surface area contributed by atoms with Crippen molar-refractivity contribution in [2.45, 2.75) is 22.6 Å². The van der Waals surface area contributed by atoms with Crippen LogP contribution in [0.1, 0.15) is 12.8 Å². The Hall–Kier alpha value is -2.43. The molecule has 1 aromatic heterocycles. The second kappa shape index (κ2) is 6.63. The lowest BCUT2D eigenvalue weighted by Crippen LogP contribution is -2.27. The van der Waals surface area contributed by atoms with E-state index in [-0.39, 0.29) is 9.79 Å². The lowest BCUT2D eigenvalue weighted by molar-refractivity contribution is 0.477. The van der Waals surface area contributed by atoms with Crippen LogP contribution in [0.25, 0.3) is 10.9 Å². The van der Waals surface area contributed by atoms with E-state index < -0.39 is 20.0 Å². The van der Waals surface area contributed by atoms with Crippen molar-refractivity contribution in [3.8, 4) is 0 Å². The van der Waals surface area contributed by atoms with Gasteiger partial charge < -0.3 is 0 Å². The number of benzene rings is 2. The van der Waals surface area contributed by atoms with Gasteiger partial charge >= 0.3 is 0 Å². The summed E-state index contributed by atoms with van der Waals surface area (Å²) in [7, 11) is -7.41. The van der Waals surface area contributed by atoms with Crippen LogP contribution in [0.15, 0.2) is 58.5 Å². The maximum atomic E-state index is 12.6. The predicted octanol–water partition coefficient (Wildman–Crippen LogP) is 2.15. The van der Waals surface area contributed by atoms with Gasteiger partial charge in [0.05, 0.1) is 27.2 Å². The van der Waals surface area contributed by atoms with Crippen LogP contribution in [0.3, 0.4) is 0 Å². The van der Waals surface area contributed by atoms with Gasteiger partial charge in [0.15, 0.2) is 0 Å². The van der Waals surface area contributed by atoms with Crippen LogP contribution in [0, 0.1) is 0 Å². The summed E-state index contributed by atoms with van der Waals surface area (Å²) in [4.78, 5) is 0.0924. The van der Waals surface area contributed by atoms with Crippen molar-refractivity contribution in [1.29, 1.82) is 0 Å². The van der Waals surface area contributed by atoms with Gasteiger partial charge in [-0.2, -0.15) is 9.40 Å². The number of fused-ring (bicyclic) bond motifs is 1. The second-order valence-corrected chi connectivity index (χ2v) is 9.98. The normalized spacial score (nSPS) is 16.0. The lowest BCUT2D eigenvalue weighted by atomic mass is 10.2. The van der Waals surface area contributed by atoms with Crippen molar-refractivity contribution >= 4 is 36.6 Å². The number of nitrogens with one attached hydrogen (secondary N) is 2. The Balaban J connectivity index is 1.58. The molecular formula is C17H18N4O4S2. The van der Waals surface area contributed by atoms with Gasteiger partial charge in [-0.25, -0.2) is 16.8 Å². The van der Waals surface area contributed by atoms with Crippen LogP contribution >= 0.6 is 0 Å². The SMILES string of the molecule is O=S(=O)(Nc1ccc2cn[nH]c2c1)c1ccc(S(=O)(=O)N2CCCC2)cc1. The highest BCUT2D eigenvalue weighted by molar-refractivity contribution is 7.92. The van der Waals surface area contributed by atoms with Crippen molar-refractivity contribution in [3.63, 3.8) is 0 Å². The number of aromatic amines is 1. The summed E-state index contributed by atoms with van der Waals surface area (Å²) in [5, 5.41) is 7.55. The molecule has 1 aliphatic heterocycles. The summed E-state index contributed by atoms with van der Waals surface area (Å²) in [6.07, 6.45) is 3.33. The Bertz CT molecular complexity index is 1180. The highest BCUT2D eigenvalue weighted by atomic mass is 32.2. The monoisotopic (exact) mass is 406 g/mol. The average molecular weight is 406 g/mol. The smallest absolute Gasteiger partial charge is 0.261 e. The van der Waals surface area contributed by atoms with Crippen LogP contribution in [-0.2, 0) is 20.0 Å². The summed E-state index contributed by atoms with van der Waals surface area (Å²) in [5.74, 6) is 0. The fraction of sp³-hybridized carbons (Fsp3) is 0.235. The van der Waals surface area contributed by atoms with E-state index >= 15 is 0 Å². The highest BCUT2D eigenvalue weighted by Crippen LogP contribution is 2.24. The zero-order valence-corrected chi connectivity index (χ0v) is 15.9. The quantitative estimate of drug-likeness (QED) is 0.674. The number of rotatable bonds is 5. The maximum Gasteiger partial charge on any atom is 0.261 e. The molecule has 1 saturated heterocycles. The Kier molecular flexibility index (Phi) is 4.41. The molecule has 0 radical (unpaired) electrons. The first kappa shape index (κ1) is 18.0. The van der Waals surface area contributed by atoms with Crippen molar-refractivity contribution in [3.05, 3.63) is 48.7 Å². The first-order chi connectivity index (χ1) is 12.9. The molecule has 27 heavy (non-hydrogen) atoms. The molecule has 2 heterocycles. The van der Waals surface area contributed by atoms with E-state index in [1.165, 1.54) is 28.6 Å². The standard InChI is InChI=1S/C17H18N4O4S2/c22-26(23,20-14-4-3-13-12-18-19-17(13)11-14)15-5-7-16(8-6-15)27(24,25)21-9-1-2-10-21/h3-8,11-12,20H,1-2,9-10H2,(H,18,19). The van der Waals surface area contributed by atoms with E-state index in [1.807, 2.05) is 0 Å². The van der Waals surface area contributed by atoms with Gasteiger partial charge in [-0.05, 0) is 55.3 Å². The molecule has 3 aromatic rings. The largest absolute Gasteiger partial charge is 0.280 e. The Morgan fingerprint density at radius 2 is 1.59 bits per heavy atom. The molecule has 4 rings (SSSR count). The molecule has 0 saturated carbocycles. The molecule has 0 bridgehead atoms.